The van der Waals surface area contributed by atoms with Gasteiger partial charge in [-0.3, -0.25) is 9.78 Å². The standard InChI is InChI=1S/C30H29N5O5/c31-15-20-16-33-23-14-27(40-21-7-10-39-17-21)24(34-28(36)11-18-5-8-32-9-6-18)13-22(23)29(20)35-25-4-2-1-3-19(25)12-26(35)30(37)38/h1-4,11,13-14,16,21,26,32H,5-10,12,17H2,(H,34,36)(H,37,38). The number of nitriles is 1. The molecule has 1 amide bonds. The average Bonchev–Trinajstić information content (AvgIpc) is 3.61. The number of carboxylic acids is 1. The van der Waals surface area contributed by atoms with E-state index in [1.165, 1.54) is 6.20 Å². The van der Waals surface area contributed by atoms with Crippen molar-refractivity contribution in [1.29, 1.82) is 5.26 Å². The zero-order valence-electron chi connectivity index (χ0n) is 21.9. The maximum atomic E-state index is 13.1. The van der Waals surface area contributed by atoms with Gasteiger partial charge < -0.3 is 30.1 Å². The molecule has 0 bridgehead atoms. The van der Waals surface area contributed by atoms with Gasteiger partial charge in [0.15, 0.2) is 0 Å². The third-order valence-electron chi connectivity index (χ3n) is 7.58. The average molecular weight is 540 g/mol. The summed E-state index contributed by atoms with van der Waals surface area (Å²) in [4.78, 5) is 31.8. The maximum absolute atomic E-state index is 13.1. The van der Waals surface area contributed by atoms with Crippen molar-refractivity contribution in [3.8, 4) is 11.8 Å². The molecule has 0 spiro atoms. The Morgan fingerprint density at radius 1 is 1.25 bits per heavy atom. The van der Waals surface area contributed by atoms with Gasteiger partial charge in [0, 0.05) is 42.3 Å². The first-order valence-electron chi connectivity index (χ1n) is 13.4. The molecule has 2 aromatic carbocycles. The van der Waals surface area contributed by atoms with Crippen LogP contribution >= 0.6 is 0 Å². The monoisotopic (exact) mass is 539 g/mol. The molecule has 3 aliphatic rings. The lowest BCUT2D eigenvalue weighted by molar-refractivity contribution is -0.138. The summed E-state index contributed by atoms with van der Waals surface area (Å²) < 4.78 is 11.7. The van der Waals surface area contributed by atoms with Crippen LogP contribution in [0.2, 0.25) is 0 Å². The number of aromatic nitrogens is 1. The van der Waals surface area contributed by atoms with Crippen LogP contribution in [0, 0.1) is 11.3 Å². The van der Waals surface area contributed by atoms with Crippen LogP contribution in [-0.2, 0) is 20.7 Å². The number of piperidine rings is 1. The van der Waals surface area contributed by atoms with Gasteiger partial charge >= 0.3 is 5.97 Å². The maximum Gasteiger partial charge on any atom is 0.327 e. The van der Waals surface area contributed by atoms with E-state index in [0.717, 1.165) is 49.2 Å². The van der Waals surface area contributed by atoms with E-state index in [-0.39, 0.29) is 17.6 Å². The fraction of sp³-hybridized carbons (Fsp3) is 0.333. The normalized spacial score (nSPS) is 20.2. The molecule has 0 radical (unpaired) electrons. The number of rotatable bonds is 6. The Hall–Kier alpha value is -4.46. The summed E-state index contributed by atoms with van der Waals surface area (Å²) in [6.07, 6.45) is 5.55. The molecular formula is C30H29N5O5. The molecule has 2 atom stereocenters. The third kappa shape index (κ3) is 4.97. The van der Waals surface area contributed by atoms with Crippen LogP contribution in [0.25, 0.3) is 10.9 Å². The molecule has 3 aromatic rings. The summed E-state index contributed by atoms with van der Waals surface area (Å²) in [6.45, 7) is 2.70. The Balaban J connectivity index is 1.49. The minimum Gasteiger partial charge on any atom is -0.486 e. The van der Waals surface area contributed by atoms with E-state index in [9.17, 15) is 20.0 Å². The Morgan fingerprint density at radius 2 is 2.08 bits per heavy atom. The van der Waals surface area contributed by atoms with Crippen molar-refractivity contribution in [2.24, 2.45) is 0 Å². The molecule has 4 heterocycles. The Kier molecular flexibility index (Phi) is 7.07. The van der Waals surface area contributed by atoms with Gasteiger partial charge in [-0.05, 0) is 43.6 Å². The molecular weight excluding hydrogens is 510 g/mol. The van der Waals surface area contributed by atoms with Gasteiger partial charge in [-0.15, -0.1) is 0 Å². The van der Waals surface area contributed by atoms with Gasteiger partial charge in [0.1, 0.15) is 24.0 Å². The molecule has 2 saturated heterocycles. The van der Waals surface area contributed by atoms with Crippen LogP contribution in [0.4, 0.5) is 17.1 Å². The van der Waals surface area contributed by atoms with Crippen LogP contribution in [-0.4, -0.2) is 60.4 Å². The molecule has 3 N–H and O–H groups in total. The van der Waals surface area contributed by atoms with E-state index < -0.39 is 12.0 Å². The highest BCUT2D eigenvalue weighted by Gasteiger charge is 2.37. The van der Waals surface area contributed by atoms with E-state index in [1.807, 2.05) is 24.3 Å². The van der Waals surface area contributed by atoms with Crippen LogP contribution in [0.15, 0.2) is 54.2 Å². The molecule has 3 aliphatic heterocycles. The summed E-state index contributed by atoms with van der Waals surface area (Å²) in [5.41, 5.74) is 4.29. The molecule has 1 aromatic heterocycles. The predicted octanol–water partition coefficient (Wildman–Crippen LogP) is 3.67. The first-order chi connectivity index (χ1) is 19.5. The van der Waals surface area contributed by atoms with Gasteiger partial charge in [-0.25, -0.2) is 4.79 Å². The fourth-order valence-corrected chi connectivity index (χ4v) is 5.63. The predicted molar refractivity (Wildman–Crippen MR) is 149 cm³/mol. The SMILES string of the molecule is N#Cc1cnc2cc(OC3CCOC3)c(NC(=O)C=C3CCNCC3)cc2c1N1c2ccccc2CC1C(=O)O. The molecule has 0 saturated carbocycles. The number of aliphatic carboxylic acids is 1. The number of hydrogen-bond acceptors (Lipinski definition) is 8. The quantitative estimate of drug-likeness (QED) is 0.401. The van der Waals surface area contributed by atoms with E-state index in [4.69, 9.17) is 9.47 Å². The summed E-state index contributed by atoms with van der Waals surface area (Å²) in [7, 11) is 0. The van der Waals surface area contributed by atoms with Gasteiger partial charge in [0.2, 0.25) is 5.91 Å². The highest BCUT2D eigenvalue weighted by molar-refractivity contribution is 6.06. The van der Waals surface area contributed by atoms with Crippen molar-refractivity contribution < 1.29 is 24.2 Å². The molecule has 10 nitrogen and oxygen atoms in total. The zero-order valence-corrected chi connectivity index (χ0v) is 21.9. The number of ether oxygens (including phenoxy) is 2. The molecule has 0 aliphatic carbocycles. The van der Waals surface area contributed by atoms with Crippen molar-refractivity contribution >= 4 is 39.8 Å². The Morgan fingerprint density at radius 3 is 2.83 bits per heavy atom. The number of pyridine rings is 1. The molecule has 2 fully saturated rings. The van der Waals surface area contributed by atoms with Gasteiger partial charge in [0.05, 0.1) is 35.7 Å². The van der Waals surface area contributed by atoms with E-state index in [1.54, 1.807) is 23.1 Å². The third-order valence-corrected chi connectivity index (χ3v) is 7.58. The summed E-state index contributed by atoms with van der Waals surface area (Å²) >= 11 is 0. The van der Waals surface area contributed by atoms with Crippen LogP contribution in [0.3, 0.4) is 0 Å². The van der Waals surface area contributed by atoms with Gasteiger partial charge in [-0.1, -0.05) is 23.8 Å². The largest absolute Gasteiger partial charge is 0.486 e. The molecule has 204 valence electrons. The first-order valence-corrected chi connectivity index (χ1v) is 13.4. The van der Waals surface area contributed by atoms with Crippen molar-refractivity contribution in [2.45, 2.75) is 37.8 Å². The summed E-state index contributed by atoms with van der Waals surface area (Å²) in [5.74, 6) is -0.821. The highest BCUT2D eigenvalue weighted by Crippen LogP contribution is 2.45. The Labute approximate surface area is 231 Å². The minimum atomic E-state index is -0.992. The second kappa shape index (κ2) is 11.0. The number of nitrogens with one attached hydrogen (secondary N) is 2. The topological polar surface area (TPSA) is 137 Å². The number of carbonyl (C=O) groups excluding carboxylic acids is 1. The number of amides is 1. The highest BCUT2D eigenvalue weighted by atomic mass is 16.5. The zero-order chi connectivity index (χ0) is 27.6. The smallest absolute Gasteiger partial charge is 0.327 e. The number of benzene rings is 2. The van der Waals surface area contributed by atoms with E-state index in [0.29, 0.717) is 47.7 Å². The second-order valence-corrected chi connectivity index (χ2v) is 10.2. The lowest BCUT2D eigenvalue weighted by Crippen LogP contribution is -2.35. The van der Waals surface area contributed by atoms with Crippen molar-refractivity contribution in [2.75, 3.05) is 36.5 Å². The Bertz CT molecular complexity index is 1550. The number of anilines is 3. The minimum absolute atomic E-state index is 0.171. The second-order valence-electron chi connectivity index (χ2n) is 10.2. The first kappa shape index (κ1) is 25.8. The number of carbonyl (C=O) groups is 2. The number of hydrogen-bond donors (Lipinski definition) is 3. The molecule has 40 heavy (non-hydrogen) atoms. The lowest BCUT2D eigenvalue weighted by Gasteiger charge is -2.27. The fourth-order valence-electron chi connectivity index (χ4n) is 5.63. The molecule has 10 heteroatoms. The number of carboxylic acid groups (broad SMARTS) is 1. The summed E-state index contributed by atoms with van der Waals surface area (Å²) in [5, 5.41) is 27.0. The van der Waals surface area contributed by atoms with Gasteiger partial charge in [-0.2, -0.15) is 5.26 Å². The van der Waals surface area contributed by atoms with Crippen molar-refractivity contribution in [3.05, 3.63) is 65.4 Å². The van der Waals surface area contributed by atoms with Crippen LogP contribution in [0.1, 0.15) is 30.4 Å². The van der Waals surface area contributed by atoms with E-state index >= 15 is 0 Å². The van der Waals surface area contributed by atoms with Crippen LogP contribution in [0.5, 0.6) is 5.75 Å². The van der Waals surface area contributed by atoms with Crippen LogP contribution < -0.4 is 20.3 Å². The number of nitrogens with zero attached hydrogens (tertiary/aromatic N) is 3. The molecule has 2 unspecified atom stereocenters. The lowest BCUT2D eigenvalue weighted by atomic mass is 10.0. The number of para-hydroxylation sites is 1. The van der Waals surface area contributed by atoms with Gasteiger partial charge in [0.25, 0.3) is 0 Å². The molecule has 6 rings (SSSR count). The van der Waals surface area contributed by atoms with E-state index in [2.05, 4.69) is 21.7 Å². The summed E-state index contributed by atoms with van der Waals surface area (Å²) in [6, 6.07) is 12.3. The number of fused-ring (bicyclic) bond motifs is 2. The van der Waals surface area contributed by atoms with Crippen molar-refractivity contribution in [3.63, 3.8) is 0 Å². The van der Waals surface area contributed by atoms with Crippen molar-refractivity contribution in [1.82, 2.24) is 10.3 Å².